The van der Waals surface area contributed by atoms with Crippen LogP contribution < -0.4 is 5.73 Å². The normalized spacial score (nSPS) is 23.9. The van der Waals surface area contributed by atoms with Crippen molar-refractivity contribution in [1.82, 2.24) is 0 Å². The third-order valence-electron chi connectivity index (χ3n) is 3.00. The zero-order valence-electron chi connectivity index (χ0n) is 9.48. The molecule has 0 heterocycles. The van der Waals surface area contributed by atoms with Crippen molar-refractivity contribution >= 4 is 17.5 Å². The van der Waals surface area contributed by atoms with Crippen LogP contribution in [0.15, 0.2) is 29.2 Å². The molecule has 1 fully saturated rings. The number of hydrogen-bond acceptors (Lipinski definition) is 3. The molecular weight excluding hydrogens is 218 g/mol. The standard InChI is InChI=1S/C13H17NOS/c1-2-16-12-5-3-9(4-6-12)13(15)10-7-11(14)8-10/h3-6,10-11H,2,7-8,14H2,1H3. The zero-order valence-corrected chi connectivity index (χ0v) is 10.3. The Labute approximate surface area is 101 Å². The predicted octanol–water partition coefficient (Wildman–Crippen LogP) is 2.72. The molecule has 2 nitrogen and oxygen atoms in total. The van der Waals surface area contributed by atoms with E-state index in [1.165, 1.54) is 4.90 Å². The molecule has 3 heteroatoms. The van der Waals surface area contributed by atoms with E-state index >= 15 is 0 Å². The number of carbonyl (C=O) groups is 1. The van der Waals surface area contributed by atoms with Crippen LogP contribution in [0.3, 0.4) is 0 Å². The molecular formula is C13H17NOS. The van der Waals surface area contributed by atoms with Gasteiger partial charge in [0.1, 0.15) is 0 Å². The Morgan fingerprint density at radius 3 is 2.50 bits per heavy atom. The number of benzene rings is 1. The average molecular weight is 235 g/mol. The van der Waals surface area contributed by atoms with Crippen molar-refractivity contribution in [3.8, 4) is 0 Å². The second-order valence-electron chi connectivity index (χ2n) is 4.25. The van der Waals surface area contributed by atoms with Crippen molar-refractivity contribution in [3.63, 3.8) is 0 Å². The molecule has 0 atom stereocenters. The maximum Gasteiger partial charge on any atom is 0.166 e. The smallest absolute Gasteiger partial charge is 0.166 e. The molecule has 0 radical (unpaired) electrons. The molecule has 0 saturated heterocycles. The lowest BCUT2D eigenvalue weighted by atomic mass is 9.76. The minimum Gasteiger partial charge on any atom is -0.328 e. The molecule has 16 heavy (non-hydrogen) atoms. The van der Waals surface area contributed by atoms with Gasteiger partial charge in [-0.1, -0.05) is 19.1 Å². The van der Waals surface area contributed by atoms with Gasteiger partial charge in [0.2, 0.25) is 0 Å². The number of nitrogens with two attached hydrogens (primary N) is 1. The van der Waals surface area contributed by atoms with Crippen molar-refractivity contribution in [2.24, 2.45) is 11.7 Å². The molecule has 1 aliphatic rings. The summed E-state index contributed by atoms with van der Waals surface area (Å²) in [7, 11) is 0. The molecule has 0 unspecified atom stereocenters. The highest BCUT2D eigenvalue weighted by molar-refractivity contribution is 7.99. The average Bonchev–Trinajstić information content (AvgIpc) is 2.25. The van der Waals surface area contributed by atoms with Crippen LogP contribution in [0, 0.1) is 5.92 Å². The monoisotopic (exact) mass is 235 g/mol. The first kappa shape index (κ1) is 11.7. The van der Waals surface area contributed by atoms with E-state index in [4.69, 9.17) is 5.73 Å². The highest BCUT2D eigenvalue weighted by atomic mass is 32.2. The van der Waals surface area contributed by atoms with Crippen LogP contribution in [-0.2, 0) is 0 Å². The van der Waals surface area contributed by atoms with Crippen molar-refractivity contribution in [2.45, 2.75) is 30.7 Å². The first-order chi connectivity index (χ1) is 7.70. The minimum atomic E-state index is 0.166. The number of hydrogen-bond donors (Lipinski definition) is 1. The van der Waals surface area contributed by atoms with Crippen molar-refractivity contribution in [1.29, 1.82) is 0 Å². The molecule has 86 valence electrons. The molecule has 0 aromatic heterocycles. The summed E-state index contributed by atoms with van der Waals surface area (Å²) in [6.45, 7) is 2.12. The van der Waals surface area contributed by atoms with Crippen LogP contribution in [0.1, 0.15) is 30.1 Å². The fourth-order valence-corrected chi connectivity index (χ4v) is 2.66. The van der Waals surface area contributed by atoms with Crippen molar-refractivity contribution < 1.29 is 4.79 Å². The summed E-state index contributed by atoms with van der Waals surface area (Å²) in [6, 6.07) is 8.16. The first-order valence-electron chi connectivity index (χ1n) is 5.73. The van der Waals surface area contributed by atoms with Crippen LogP contribution >= 0.6 is 11.8 Å². The van der Waals surface area contributed by atoms with E-state index in [2.05, 4.69) is 6.92 Å². The summed E-state index contributed by atoms with van der Waals surface area (Å²) in [4.78, 5) is 13.2. The van der Waals surface area contributed by atoms with E-state index in [0.717, 1.165) is 24.2 Å². The van der Waals surface area contributed by atoms with Gasteiger partial charge in [0, 0.05) is 22.4 Å². The third-order valence-corrected chi connectivity index (χ3v) is 3.89. The zero-order chi connectivity index (χ0) is 11.5. The van der Waals surface area contributed by atoms with Gasteiger partial charge in [-0.15, -0.1) is 11.8 Å². The van der Waals surface area contributed by atoms with E-state index < -0.39 is 0 Å². The fraction of sp³-hybridized carbons (Fsp3) is 0.462. The Kier molecular flexibility index (Phi) is 3.66. The topological polar surface area (TPSA) is 43.1 Å². The summed E-state index contributed by atoms with van der Waals surface area (Å²) in [5.41, 5.74) is 6.52. The maximum absolute atomic E-state index is 12.0. The molecule has 1 saturated carbocycles. The molecule has 0 aliphatic heterocycles. The van der Waals surface area contributed by atoms with Crippen LogP contribution in [0.2, 0.25) is 0 Å². The maximum atomic E-state index is 12.0. The van der Waals surface area contributed by atoms with Gasteiger partial charge in [0.15, 0.2) is 5.78 Å². The molecule has 1 aromatic carbocycles. The molecule has 1 aromatic rings. The molecule has 1 aliphatic carbocycles. The summed E-state index contributed by atoms with van der Waals surface area (Å²) in [5.74, 6) is 1.49. The number of Topliss-reactive ketones (excluding diaryl/α,β-unsaturated/α-hetero) is 1. The summed E-state index contributed by atoms with van der Waals surface area (Å²) in [5, 5.41) is 0. The Hall–Kier alpha value is -0.800. The number of carbonyl (C=O) groups excluding carboxylic acids is 1. The number of ketones is 1. The fourth-order valence-electron chi connectivity index (χ4n) is 1.99. The number of rotatable bonds is 4. The largest absolute Gasteiger partial charge is 0.328 e. The Balaban J connectivity index is 2.01. The second-order valence-corrected chi connectivity index (χ2v) is 5.59. The molecule has 0 spiro atoms. The predicted molar refractivity (Wildman–Crippen MR) is 67.9 cm³/mol. The molecule has 0 amide bonds. The Bertz CT molecular complexity index is 368. The summed E-state index contributed by atoms with van der Waals surface area (Å²) < 4.78 is 0. The van der Waals surface area contributed by atoms with Gasteiger partial charge in [0.25, 0.3) is 0 Å². The quantitative estimate of drug-likeness (QED) is 0.644. The van der Waals surface area contributed by atoms with Crippen LogP contribution in [0.4, 0.5) is 0 Å². The molecule has 2 N–H and O–H groups in total. The minimum absolute atomic E-state index is 0.166. The van der Waals surface area contributed by atoms with E-state index in [-0.39, 0.29) is 17.7 Å². The highest BCUT2D eigenvalue weighted by Crippen LogP contribution is 2.29. The van der Waals surface area contributed by atoms with Crippen LogP contribution in [0.5, 0.6) is 0 Å². The van der Waals surface area contributed by atoms with Gasteiger partial charge in [-0.2, -0.15) is 0 Å². The number of thioether (sulfide) groups is 1. The SMILES string of the molecule is CCSc1ccc(C(=O)C2CC(N)C2)cc1. The molecule has 0 bridgehead atoms. The summed E-state index contributed by atoms with van der Waals surface area (Å²) in [6.07, 6.45) is 1.70. The van der Waals surface area contributed by atoms with Gasteiger partial charge in [0.05, 0.1) is 0 Å². The first-order valence-corrected chi connectivity index (χ1v) is 6.72. The Morgan fingerprint density at radius 2 is 2.00 bits per heavy atom. The lowest BCUT2D eigenvalue weighted by Crippen LogP contribution is -2.40. The van der Waals surface area contributed by atoms with Gasteiger partial charge in [-0.3, -0.25) is 4.79 Å². The van der Waals surface area contributed by atoms with E-state index in [9.17, 15) is 4.79 Å². The van der Waals surface area contributed by atoms with Crippen molar-refractivity contribution in [2.75, 3.05) is 5.75 Å². The lowest BCUT2D eigenvalue weighted by Gasteiger charge is -2.31. The van der Waals surface area contributed by atoms with Crippen LogP contribution in [0.25, 0.3) is 0 Å². The Morgan fingerprint density at radius 1 is 1.38 bits per heavy atom. The van der Waals surface area contributed by atoms with Crippen molar-refractivity contribution in [3.05, 3.63) is 29.8 Å². The van der Waals surface area contributed by atoms with Gasteiger partial charge in [-0.25, -0.2) is 0 Å². The lowest BCUT2D eigenvalue weighted by molar-refractivity contribution is 0.0832. The van der Waals surface area contributed by atoms with Gasteiger partial charge >= 0.3 is 0 Å². The third kappa shape index (κ3) is 2.47. The van der Waals surface area contributed by atoms with E-state index in [1.807, 2.05) is 24.3 Å². The van der Waals surface area contributed by atoms with E-state index in [0.29, 0.717) is 0 Å². The molecule has 2 rings (SSSR count). The highest BCUT2D eigenvalue weighted by Gasteiger charge is 2.32. The van der Waals surface area contributed by atoms with E-state index in [1.54, 1.807) is 11.8 Å². The van der Waals surface area contributed by atoms with Gasteiger partial charge in [-0.05, 0) is 30.7 Å². The van der Waals surface area contributed by atoms with Crippen LogP contribution in [-0.4, -0.2) is 17.6 Å². The second kappa shape index (κ2) is 5.02. The summed E-state index contributed by atoms with van der Waals surface area (Å²) >= 11 is 1.79. The van der Waals surface area contributed by atoms with Gasteiger partial charge < -0.3 is 5.73 Å².